The standard InChI is InChI=1S/C16H15FO2/c1-2-9-19-15-6-3-12(4-7-15)13-5-8-16(17)14(10-13)11-18/h3-8,10-11H,2,9H2,1H3. The third-order valence-electron chi connectivity index (χ3n) is 2.78. The minimum absolute atomic E-state index is 0.0730. The van der Waals surface area contributed by atoms with Crippen LogP contribution in [0.25, 0.3) is 11.1 Å². The zero-order chi connectivity index (χ0) is 13.7. The molecule has 0 aromatic heterocycles. The van der Waals surface area contributed by atoms with Crippen LogP contribution in [0.15, 0.2) is 42.5 Å². The smallest absolute Gasteiger partial charge is 0.153 e. The molecule has 0 saturated carbocycles. The van der Waals surface area contributed by atoms with Gasteiger partial charge >= 0.3 is 0 Å². The lowest BCUT2D eigenvalue weighted by Crippen LogP contribution is -1.94. The molecule has 2 rings (SSSR count). The molecule has 19 heavy (non-hydrogen) atoms. The maximum Gasteiger partial charge on any atom is 0.153 e. The zero-order valence-electron chi connectivity index (χ0n) is 10.7. The van der Waals surface area contributed by atoms with Crippen molar-refractivity contribution in [2.45, 2.75) is 13.3 Å². The van der Waals surface area contributed by atoms with Crippen LogP contribution in [0.5, 0.6) is 5.75 Å². The Morgan fingerprint density at radius 1 is 1.11 bits per heavy atom. The number of benzene rings is 2. The highest BCUT2D eigenvalue weighted by Crippen LogP contribution is 2.24. The van der Waals surface area contributed by atoms with Gasteiger partial charge in [0.2, 0.25) is 0 Å². The van der Waals surface area contributed by atoms with Crippen LogP contribution in [0.3, 0.4) is 0 Å². The number of hydrogen-bond acceptors (Lipinski definition) is 2. The molecule has 0 aliphatic heterocycles. The molecule has 0 saturated heterocycles. The summed E-state index contributed by atoms with van der Waals surface area (Å²) < 4.78 is 18.7. The Hall–Kier alpha value is -2.16. The van der Waals surface area contributed by atoms with Gasteiger partial charge in [-0.05, 0) is 41.8 Å². The van der Waals surface area contributed by atoms with E-state index < -0.39 is 5.82 Å². The van der Waals surface area contributed by atoms with Crippen molar-refractivity contribution >= 4 is 6.29 Å². The fourth-order valence-corrected chi connectivity index (χ4v) is 1.78. The normalized spacial score (nSPS) is 10.2. The second kappa shape index (κ2) is 6.14. The van der Waals surface area contributed by atoms with Crippen LogP contribution in [-0.2, 0) is 0 Å². The van der Waals surface area contributed by atoms with Crippen LogP contribution in [0.2, 0.25) is 0 Å². The molecule has 0 radical (unpaired) electrons. The van der Waals surface area contributed by atoms with Gasteiger partial charge in [-0.1, -0.05) is 25.1 Å². The quantitative estimate of drug-likeness (QED) is 0.755. The van der Waals surface area contributed by atoms with Gasteiger partial charge < -0.3 is 4.74 Å². The van der Waals surface area contributed by atoms with Crippen molar-refractivity contribution in [3.63, 3.8) is 0 Å². The van der Waals surface area contributed by atoms with Crippen molar-refractivity contribution in [1.82, 2.24) is 0 Å². The van der Waals surface area contributed by atoms with Crippen LogP contribution < -0.4 is 4.74 Å². The molecule has 98 valence electrons. The highest BCUT2D eigenvalue weighted by molar-refractivity contribution is 5.79. The Labute approximate surface area is 111 Å². The number of carbonyl (C=O) groups excluding carboxylic acids is 1. The van der Waals surface area contributed by atoms with Gasteiger partial charge in [-0.3, -0.25) is 4.79 Å². The molecular weight excluding hydrogens is 243 g/mol. The second-order valence-electron chi connectivity index (χ2n) is 4.23. The maximum atomic E-state index is 13.2. The van der Waals surface area contributed by atoms with Crippen LogP contribution in [0, 0.1) is 5.82 Å². The van der Waals surface area contributed by atoms with E-state index in [-0.39, 0.29) is 5.56 Å². The Balaban J connectivity index is 2.24. The van der Waals surface area contributed by atoms with E-state index in [1.54, 1.807) is 12.1 Å². The summed E-state index contributed by atoms with van der Waals surface area (Å²) in [4.78, 5) is 10.7. The molecule has 0 unspecified atom stereocenters. The maximum absolute atomic E-state index is 13.2. The molecule has 0 amide bonds. The monoisotopic (exact) mass is 258 g/mol. The predicted molar refractivity (Wildman–Crippen MR) is 73.0 cm³/mol. The first-order valence-corrected chi connectivity index (χ1v) is 6.22. The third kappa shape index (κ3) is 3.19. The van der Waals surface area contributed by atoms with E-state index in [2.05, 4.69) is 0 Å². The van der Waals surface area contributed by atoms with Gasteiger partial charge in [-0.25, -0.2) is 4.39 Å². The zero-order valence-corrected chi connectivity index (χ0v) is 10.7. The molecule has 2 aromatic rings. The van der Waals surface area contributed by atoms with Gasteiger partial charge in [0, 0.05) is 0 Å². The summed E-state index contributed by atoms with van der Waals surface area (Å²) in [5, 5.41) is 0. The molecule has 2 aromatic carbocycles. The Bertz CT molecular complexity index is 561. The third-order valence-corrected chi connectivity index (χ3v) is 2.78. The molecule has 0 fully saturated rings. The second-order valence-corrected chi connectivity index (χ2v) is 4.23. The first-order valence-electron chi connectivity index (χ1n) is 6.22. The van der Waals surface area contributed by atoms with E-state index in [0.717, 1.165) is 23.3 Å². The summed E-state index contributed by atoms with van der Waals surface area (Å²) in [5.74, 6) is 0.310. The summed E-state index contributed by atoms with van der Waals surface area (Å²) in [6, 6.07) is 12.0. The lowest BCUT2D eigenvalue weighted by atomic mass is 10.0. The Morgan fingerprint density at radius 3 is 2.42 bits per heavy atom. The first-order chi connectivity index (χ1) is 9.24. The number of halogens is 1. The molecule has 0 heterocycles. The summed E-state index contributed by atoms with van der Waals surface area (Å²) in [6.07, 6.45) is 1.49. The number of rotatable bonds is 5. The fourth-order valence-electron chi connectivity index (χ4n) is 1.78. The molecule has 2 nitrogen and oxygen atoms in total. The molecule has 0 aliphatic carbocycles. The number of aldehydes is 1. The van der Waals surface area contributed by atoms with Crippen molar-refractivity contribution in [3.8, 4) is 16.9 Å². The summed E-state index contributed by atoms with van der Waals surface area (Å²) in [7, 11) is 0. The van der Waals surface area contributed by atoms with Crippen molar-refractivity contribution < 1.29 is 13.9 Å². The van der Waals surface area contributed by atoms with E-state index in [9.17, 15) is 9.18 Å². The average Bonchev–Trinajstić information content (AvgIpc) is 2.46. The minimum atomic E-state index is -0.498. The van der Waals surface area contributed by atoms with Crippen LogP contribution in [0.4, 0.5) is 4.39 Å². The van der Waals surface area contributed by atoms with Gasteiger partial charge in [0.05, 0.1) is 12.2 Å². The van der Waals surface area contributed by atoms with E-state index >= 15 is 0 Å². The average molecular weight is 258 g/mol. The Morgan fingerprint density at radius 2 is 1.79 bits per heavy atom. The summed E-state index contributed by atoms with van der Waals surface area (Å²) in [5.41, 5.74) is 1.81. The molecule has 3 heteroatoms. The van der Waals surface area contributed by atoms with Gasteiger partial charge in [0.15, 0.2) is 6.29 Å². The minimum Gasteiger partial charge on any atom is -0.494 e. The van der Waals surface area contributed by atoms with Crippen LogP contribution >= 0.6 is 0 Å². The SMILES string of the molecule is CCCOc1ccc(-c2ccc(F)c(C=O)c2)cc1. The van der Waals surface area contributed by atoms with Gasteiger partial charge in [-0.2, -0.15) is 0 Å². The van der Waals surface area contributed by atoms with Crippen molar-refractivity contribution in [3.05, 3.63) is 53.8 Å². The molecule has 0 bridgehead atoms. The van der Waals surface area contributed by atoms with Crippen molar-refractivity contribution in [2.75, 3.05) is 6.61 Å². The number of hydrogen-bond donors (Lipinski definition) is 0. The van der Waals surface area contributed by atoms with Gasteiger partial charge in [0.25, 0.3) is 0 Å². The Kier molecular flexibility index (Phi) is 4.29. The number of ether oxygens (including phenoxy) is 1. The topological polar surface area (TPSA) is 26.3 Å². The highest BCUT2D eigenvalue weighted by Gasteiger charge is 2.04. The lowest BCUT2D eigenvalue weighted by molar-refractivity contribution is 0.112. The molecule has 0 N–H and O–H groups in total. The fraction of sp³-hybridized carbons (Fsp3) is 0.188. The van der Waals surface area contributed by atoms with E-state index in [1.807, 2.05) is 31.2 Å². The van der Waals surface area contributed by atoms with E-state index in [4.69, 9.17) is 4.74 Å². The molecule has 0 aliphatic rings. The van der Waals surface area contributed by atoms with Crippen molar-refractivity contribution in [2.24, 2.45) is 0 Å². The molecule has 0 spiro atoms. The van der Waals surface area contributed by atoms with E-state index in [0.29, 0.717) is 12.9 Å². The predicted octanol–water partition coefficient (Wildman–Crippen LogP) is 4.09. The van der Waals surface area contributed by atoms with Crippen molar-refractivity contribution in [1.29, 1.82) is 0 Å². The van der Waals surface area contributed by atoms with Gasteiger partial charge in [0.1, 0.15) is 11.6 Å². The van der Waals surface area contributed by atoms with E-state index in [1.165, 1.54) is 6.07 Å². The van der Waals surface area contributed by atoms with Crippen LogP contribution in [-0.4, -0.2) is 12.9 Å². The molecule has 0 atom stereocenters. The number of carbonyl (C=O) groups is 1. The lowest BCUT2D eigenvalue weighted by Gasteiger charge is -2.07. The summed E-state index contributed by atoms with van der Waals surface area (Å²) in [6.45, 7) is 2.74. The highest BCUT2D eigenvalue weighted by atomic mass is 19.1. The van der Waals surface area contributed by atoms with Gasteiger partial charge in [-0.15, -0.1) is 0 Å². The largest absolute Gasteiger partial charge is 0.494 e. The first kappa shape index (κ1) is 13.3. The molecular formula is C16H15FO2. The van der Waals surface area contributed by atoms with Crippen LogP contribution in [0.1, 0.15) is 23.7 Å². The summed E-state index contributed by atoms with van der Waals surface area (Å²) >= 11 is 0.